The van der Waals surface area contributed by atoms with E-state index in [1.54, 1.807) is 0 Å². The summed E-state index contributed by atoms with van der Waals surface area (Å²) in [5.74, 6) is 1.08. The molecule has 4 rings (SSSR count). The molecule has 1 saturated carbocycles. The quantitative estimate of drug-likeness (QED) is 0.405. The Morgan fingerprint density at radius 3 is 2.33 bits per heavy atom. The Hall–Kier alpha value is -2.30. The Morgan fingerprint density at radius 1 is 1.06 bits per heavy atom. The Morgan fingerprint density at radius 2 is 1.73 bits per heavy atom. The van der Waals surface area contributed by atoms with Crippen LogP contribution in [0.1, 0.15) is 106 Å². The van der Waals surface area contributed by atoms with Crippen molar-refractivity contribution in [3.8, 4) is 17.2 Å². The Labute approximate surface area is 197 Å². The number of rotatable bonds is 4. The smallest absolute Gasteiger partial charge is 0.157 e. The summed E-state index contributed by atoms with van der Waals surface area (Å²) in [6, 6.07) is 0. The number of carbonyl (C=O) groups excluding carboxylic acids is 2. The zero-order valence-corrected chi connectivity index (χ0v) is 20.8. The molecule has 1 aromatic rings. The number of carbonyl (C=O) groups is 2. The predicted octanol–water partition coefficient (Wildman–Crippen LogP) is 6.41. The number of aromatic hydroxyl groups is 2. The molecule has 0 saturated heterocycles. The lowest BCUT2D eigenvalue weighted by Crippen LogP contribution is -2.48. The molecule has 1 heterocycles. The molecule has 180 valence electrons. The molecule has 1 aliphatic heterocycles. The van der Waals surface area contributed by atoms with Gasteiger partial charge in [0.05, 0.1) is 11.1 Å². The van der Waals surface area contributed by atoms with Gasteiger partial charge in [-0.1, -0.05) is 39.3 Å². The zero-order valence-electron chi connectivity index (χ0n) is 20.8. The van der Waals surface area contributed by atoms with Crippen LogP contribution in [-0.2, 0) is 0 Å². The van der Waals surface area contributed by atoms with Gasteiger partial charge < -0.3 is 14.9 Å². The van der Waals surface area contributed by atoms with Crippen LogP contribution in [0, 0.1) is 29.1 Å². The van der Waals surface area contributed by atoms with Crippen LogP contribution < -0.4 is 4.74 Å². The molecular formula is C28H38O5. The third-order valence-corrected chi connectivity index (χ3v) is 8.85. The highest BCUT2D eigenvalue weighted by Crippen LogP contribution is 2.64. The van der Waals surface area contributed by atoms with Crippen LogP contribution in [-0.4, -0.2) is 28.4 Å². The van der Waals surface area contributed by atoms with E-state index in [-0.39, 0.29) is 39.9 Å². The summed E-state index contributed by atoms with van der Waals surface area (Å²) in [5, 5.41) is 21.7. The van der Waals surface area contributed by atoms with Crippen LogP contribution in [0.3, 0.4) is 0 Å². The van der Waals surface area contributed by atoms with E-state index in [0.717, 1.165) is 32.1 Å². The first-order chi connectivity index (χ1) is 15.5. The molecule has 3 aliphatic rings. The van der Waals surface area contributed by atoms with E-state index in [4.69, 9.17) is 4.74 Å². The molecule has 0 radical (unpaired) electrons. The molecule has 0 unspecified atom stereocenters. The fraction of sp³-hybridized carbons (Fsp3) is 0.643. The molecule has 0 amide bonds. The molecule has 0 spiro atoms. The maximum atomic E-state index is 12.0. The van der Waals surface area contributed by atoms with Crippen LogP contribution in [0.5, 0.6) is 17.2 Å². The maximum Gasteiger partial charge on any atom is 0.157 e. The molecule has 5 atom stereocenters. The van der Waals surface area contributed by atoms with Crippen molar-refractivity contribution < 1.29 is 24.5 Å². The Bertz CT molecular complexity index is 1000. The van der Waals surface area contributed by atoms with Gasteiger partial charge in [-0.05, 0) is 75.0 Å². The average molecular weight is 455 g/mol. The van der Waals surface area contributed by atoms with Crippen molar-refractivity contribution in [2.45, 2.75) is 85.2 Å². The van der Waals surface area contributed by atoms with Crippen LogP contribution in [0.4, 0.5) is 0 Å². The fourth-order valence-corrected chi connectivity index (χ4v) is 6.79. The van der Waals surface area contributed by atoms with Gasteiger partial charge in [-0.25, -0.2) is 0 Å². The minimum atomic E-state index is -0.535. The van der Waals surface area contributed by atoms with Crippen LogP contribution in [0.25, 0.3) is 0 Å². The molecule has 5 heteroatoms. The largest absolute Gasteiger partial charge is 0.507 e. The molecule has 2 N–H and O–H groups in total. The van der Waals surface area contributed by atoms with Gasteiger partial charge >= 0.3 is 0 Å². The number of phenols is 2. The van der Waals surface area contributed by atoms with Crippen molar-refractivity contribution in [3.63, 3.8) is 0 Å². The van der Waals surface area contributed by atoms with Crippen LogP contribution in [0.2, 0.25) is 0 Å². The first-order valence-electron chi connectivity index (χ1n) is 12.3. The van der Waals surface area contributed by atoms with Crippen LogP contribution >= 0.6 is 0 Å². The number of allylic oxidation sites excluding steroid dienone is 2. The predicted molar refractivity (Wildman–Crippen MR) is 128 cm³/mol. The average Bonchev–Trinajstić information content (AvgIpc) is 3.24. The van der Waals surface area contributed by atoms with E-state index in [9.17, 15) is 19.8 Å². The monoisotopic (exact) mass is 454 g/mol. The van der Waals surface area contributed by atoms with Gasteiger partial charge in [-0.3, -0.25) is 9.59 Å². The lowest BCUT2D eigenvalue weighted by atomic mass is 9.65. The highest BCUT2D eigenvalue weighted by molar-refractivity contribution is 5.95. The number of aldehydes is 2. The van der Waals surface area contributed by atoms with E-state index in [2.05, 4.69) is 47.6 Å². The number of hydrogen-bond acceptors (Lipinski definition) is 5. The van der Waals surface area contributed by atoms with E-state index in [1.165, 1.54) is 5.57 Å². The topological polar surface area (TPSA) is 83.8 Å². The minimum absolute atomic E-state index is 0.0314. The molecule has 2 aliphatic carbocycles. The van der Waals surface area contributed by atoms with E-state index >= 15 is 0 Å². The summed E-state index contributed by atoms with van der Waals surface area (Å²) in [7, 11) is 0. The standard InChI is InChI=1S/C28H38O5/c1-15(2)11-17-20-8-7-16(3)12-22-21(27(22,4)5)9-10-28(20,6)33-26-19(14-30)24(31)18(13-29)25(32)23(17)26/h12-15,17,20-22,31-32H,7-11H2,1-6H3/b16-12+/t17-,20+,21+,22+,28-/m0/s1. The van der Waals surface area contributed by atoms with E-state index < -0.39 is 11.4 Å². The lowest BCUT2D eigenvalue weighted by Gasteiger charge is -2.49. The molecule has 0 bridgehead atoms. The maximum absolute atomic E-state index is 12.0. The summed E-state index contributed by atoms with van der Waals surface area (Å²) in [5.41, 5.74) is 1.39. The van der Waals surface area contributed by atoms with Gasteiger partial charge in [0.1, 0.15) is 22.8 Å². The molecule has 33 heavy (non-hydrogen) atoms. The second kappa shape index (κ2) is 8.18. The molecule has 0 aromatic heterocycles. The second-order valence-electron chi connectivity index (χ2n) is 11.8. The van der Waals surface area contributed by atoms with Crippen molar-refractivity contribution in [1.82, 2.24) is 0 Å². The van der Waals surface area contributed by atoms with Crippen LogP contribution in [0.15, 0.2) is 11.6 Å². The summed E-state index contributed by atoms with van der Waals surface area (Å²) >= 11 is 0. The highest BCUT2D eigenvalue weighted by Gasteiger charge is 2.57. The third-order valence-electron chi connectivity index (χ3n) is 8.85. The number of ether oxygens (including phenoxy) is 1. The van der Waals surface area contributed by atoms with E-state index in [0.29, 0.717) is 35.9 Å². The lowest BCUT2D eigenvalue weighted by molar-refractivity contribution is -0.0253. The molecule has 5 nitrogen and oxygen atoms in total. The first kappa shape index (κ1) is 23.8. The van der Waals surface area contributed by atoms with Gasteiger partial charge in [-0.2, -0.15) is 0 Å². The molecule has 1 fully saturated rings. The number of hydrogen-bond donors (Lipinski definition) is 2. The zero-order chi connectivity index (χ0) is 24.3. The van der Waals surface area contributed by atoms with Gasteiger partial charge in [0.2, 0.25) is 0 Å². The number of fused-ring (bicyclic) bond motifs is 3. The Kier molecular flexibility index (Phi) is 5.91. The van der Waals surface area contributed by atoms with E-state index in [1.807, 2.05) is 0 Å². The van der Waals surface area contributed by atoms with Gasteiger partial charge in [-0.15, -0.1) is 0 Å². The summed E-state index contributed by atoms with van der Waals surface area (Å²) < 4.78 is 6.63. The van der Waals surface area contributed by atoms with Crippen molar-refractivity contribution in [3.05, 3.63) is 28.3 Å². The number of benzene rings is 1. The summed E-state index contributed by atoms with van der Waals surface area (Å²) in [4.78, 5) is 23.8. The van der Waals surface area contributed by atoms with Gasteiger partial charge in [0, 0.05) is 11.5 Å². The first-order valence-corrected chi connectivity index (χ1v) is 12.3. The highest BCUT2D eigenvalue weighted by atomic mass is 16.5. The Balaban J connectivity index is 1.89. The summed E-state index contributed by atoms with van der Waals surface area (Å²) in [6.45, 7) is 13.3. The van der Waals surface area contributed by atoms with Gasteiger partial charge in [0.15, 0.2) is 12.6 Å². The SMILES string of the molecule is C/C1=C\[C@@H]2[C@@H](CC[C@]3(C)Oc4c(C=O)c(O)c(C=O)c(O)c4[C@@H](CC(C)C)[C@H]3CC1)C2(C)C. The van der Waals surface area contributed by atoms with Crippen molar-refractivity contribution in [1.29, 1.82) is 0 Å². The van der Waals surface area contributed by atoms with Gasteiger partial charge in [0.25, 0.3) is 0 Å². The second-order valence-corrected chi connectivity index (χ2v) is 11.8. The van der Waals surface area contributed by atoms with Crippen molar-refractivity contribution >= 4 is 12.6 Å². The van der Waals surface area contributed by atoms with Crippen molar-refractivity contribution in [2.24, 2.45) is 29.1 Å². The van der Waals surface area contributed by atoms with Crippen molar-refractivity contribution in [2.75, 3.05) is 0 Å². The normalized spacial score (nSPS) is 34.1. The minimum Gasteiger partial charge on any atom is -0.507 e. The molecular weight excluding hydrogens is 416 g/mol. The number of phenolic OH excluding ortho intramolecular Hbond substituents is 2. The summed E-state index contributed by atoms with van der Waals surface area (Å²) in [6.07, 6.45) is 7.96. The fourth-order valence-electron chi connectivity index (χ4n) is 6.79. The molecule has 1 aromatic carbocycles. The third kappa shape index (κ3) is 3.77.